The summed E-state index contributed by atoms with van der Waals surface area (Å²) in [6, 6.07) is 13.4. The standard InChI is InChI=1S/C24H24FN3O2/c1-14-10-17-21(12-24(2,3)13-22(17)29)28(14)15-8-9-16(23(26)30)20(11-15)27-19-7-5-4-6-18(19)25/h4-11,27H,12-13H2,1-3H3,(H2,26,30). The Bertz CT molecular complexity index is 1180. The van der Waals surface area contributed by atoms with Gasteiger partial charge in [0.05, 0.1) is 16.9 Å². The number of para-hydroxylation sites is 1. The summed E-state index contributed by atoms with van der Waals surface area (Å²) in [6.45, 7) is 6.12. The number of Topliss-reactive ketones (excluding diaryl/α,β-unsaturated/α-hetero) is 1. The molecule has 30 heavy (non-hydrogen) atoms. The lowest BCUT2D eigenvalue weighted by atomic mass is 9.76. The van der Waals surface area contributed by atoms with Gasteiger partial charge in [-0.3, -0.25) is 9.59 Å². The number of hydrogen-bond donors (Lipinski definition) is 2. The van der Waals surface area contributed by atoms with Gasteiger partial charge >= 0.3 is 0 Å². The minimum atomic E-state index is -0.608. The van der Waals surface area contributed by atoms with Gasteiger partial charge in [-0.25, -0.2) is 4.39 Å². The lowest BCUT2D eigenvalue weighted by Crippen LogP contribution is -2.27. The fourth-order valence-electron chi connectivity index (χ4n) is 4.21. The van der Waals surface area contributed by atoms with Gasteiger partial charge < -0.3 is 15.6 Å². The van der Waals surface area contributed by atoms with Crippen molar-refractivity contribution in [1.82, 2.24) is 4.57 Å². The number of hydrogen-bond acceptors (Lipinski definition) is 3. The summed E-state index contributed by atoms with van der Waals surface area (Å²) < 4.78 is 16.2. The number of nitrogens with one attached hydrogen (secondary N) is 1. The molecule has 0 unspecified atom stereocenters. The summed E-state index contributed by atoms with van der Waals surface area (Å²) >= 11 is 0. The van der Waals surface area contributed by atoms with Gasteiger partial charge in [-0.2, -0.15) is 0 Å². The highest BCUT2D eigenvalue weighted by Crippen LogP contribution is 2.38. The molecule has 0 radical (unpaired) electrons. The Labute approximate surface area is 174 Å². The van der Waals surface area contributed by atoms with Crippen LogP contribution < -0.4 is 11.1 Å². The van der Waals surface area contributed by atoms with Crippen molar-refractivity contribution in [3.05, 3.63) is 76.9 Å². The molecule has 4 rings (SSSR count). The van der Waals surface area contributed by atoms with Crippen LogP contribution in [0.1, 0.15) is 52.4 Å². The minimum Gasteiger partial charge on any atom is -0.366 e. The zero-order valence-electron chi connectivity index (χ0n) is 17.3. The molecule has 0 spiro atoms. The van der Waals surface area contributed by atoms with E-state index < -0.39 is 11.7 Å². The number of carbonyl (C=O) groups excluding carboxylic acids is 2. The SMILES string of the molecule is Cc1cc2c(n1-c1ccc(C(N)=O)c(Nc3ccccc3F)c1)CC(C)(C)CC2=O. The lowest BCUT2D eigenvalue weighted by Gasteiger charge is -2.30. The Hall–Kier alpha value is -3.41. The van der Waals surface area contributed by atoms with Gasteiger partial charge in [0.25, 0.3) is 5.91 Å². The number of aromatic nitrogens is 1. The molecule has 5 nitrogen and oxygen atoms in total. The van der Waals surface area contributed by atoms with Crippen LogP contribution in [0.2, 0.25) is 0 Å². The molecule has 3 aromatic rings. The van der Waals surface area contributed by atoms with Crippen LogP contribution in [-0.2, 0) is 6.42 Å². The van der Waals surface area contributed by atoms with Gasteiger partial charge in [0.2, 0.25) is 0 Å². The Morgan fingerprint density at radius 3 is 2.53 bits per heavy atom. The normalized spacial score (nSPS) is 15.0. The second-order valence-corrected chi connectivity index (χ2v) is 8.62. The van der Waals surface area contributed by atoms with E-state index in [0.717, 1.165) is 29.1 Å². The Morgan fingerprint density at radius 1 is 1.10 bits per heavy atom. The van der Waals surface area contributed by atoms with Gasteiger partial charge in [-0.15, -0.1) is 0 Å². The van der Waals surface area contributed by atoms with Gasteiger partial charge in [-0.05, 0) is 55.2 Å². The molecular formula is C24H24FN3O2. The van der Waals surface area contributed by atoms with E-state index in [2.05, 4.69) is 19.2 Å². The highest BCUT2D eigenvalue weighted by atomic mass is 19.1. The number of rotatable bonds is 4. The zero-order chi connectivity index (χ0) is 21.6. The largest absolute Gasteiger partial charge is 0.366 e. The summed E-state index contributed by atoms with van der Waals surface area (Å²) in [6.07, 6.45) is 1.28. The van der Waals surface area contributed by atoms with E-state index in [1.807, 2.05) is 17.6 Å². The molecule has 0 saturated heterocycles. The molecule has 1 aliphatic carbocycles. The fourth-order valence-corrected chi connectivity index (χ4v) is 4.21. The van der Waals surface area contributed by atoms with Crippen LogP contribution in [-0.4, -0.2) is 16.3 Å². The first-order valence-electron chi connectivity index (χ1n) is 9.86. The smallest absolute Gasteiger partial charge is 0.250 e. The van der Waals surface area contributed by atoms with Crippen LogP contribution in [0.5, 0.6) is 0 Å². The van der Waals surface area contributed by atoms with Crippen molar-refractivity contribution in [3.63, 3.8) is 0 Å². The molecule has 0 aliphatic heterocycles. The quantitative estimate of drug-likeness (QED) is 0.647. The molecule has 0 atom stereocenters. The maximum absolute atomic E-state index is 14.2. The number of anilines is 2. The lowest BCUT2D eigenvalue weighted by molar-refractivity contribution is 0.0910. The predicted molar refractivity (Wildman–Crippen MR) is 115 cm³/mol. The van der Waals surface area contributed by atoms with Crippen LogP contribution in [0.4, 0.5) is 15.8 Å². The summed E-state index contributed by atoms with van der Waals surface area (Å²) in [5, 5.41) is 2.99. The Kier molecular flexibility index (Phi) is 4.73. The number of benzene rings is 2. The van der Waals surface area contributed by atoms with E-state index in [-0.39, 0.29) is 22.4 Å². The van der Waals surface area contributed by atoms with Crippen molar-refractivity contribution >= 4 is 23.1 Å². The maximum Gasteiger partial charge on any atom is 0.250 e. The second kappa shape index (κ2) is 7.13. The molecule has 154 valence electrons. The molecule has 0 bridgehead atoms. The van der Waals surface area contributed by atoms with Crippen molar-refractivity contribution in [2.75, 3.05) is 5.32 Å². The van der Waals surface area contributed by atoms with Crippen LogP contribution in [0.3, 0.4) is 0 Å². The van der Waals surface area contributed by atoms with Crippen LogP contribution in [0.25, 0.3) is 5.69 Å². The van der Waals surface area contributed by atoms with Crippen LogP contribution in [0, 0.1) is 18.2 Å². The molecule has 0 saturated carbocycles. The molecule has 0 fully saturated rings. The van der Waals surface area contributed by atoms with E-state index in [0.29, 0.717) is 12.1 Å². The number of amides is 1. The van der Waals surface area contributed by atoms with Gasteiger partial charge in [0.15, 0.2) is 5.78 Å². The van der Waals surface area contributed by atoms with Crippen molar-refractivity contribution in [1.29, 1.82) is 0 Å². The van der Waals surface area contributed by atoms with E-state index in [1.54, 1.807) is 36.4 Å². The molecular weight excluding hydrogens is 381 g/mol. The second-order valence-electron chi connectivity index (χ2n) is 8.62. The third-order valence-electron chi connectivity index (χ3n) is 5.54. The summed E-state index contributed by atoms with van der Waals surface area (Å²) in [5.74, 6) is -0.898. The first-order chi connectivity index (χ1) is 14.2. The average Bonchev–Trinajstić information content (AvgIpc) is 2.98. The number of halogens is 1. The van der Waals surface area contributed by atoms with Gasteiger partial charge in [0, 0.05) is 29.1 Å². The third-order valence-corrected chi connectivity index (χ3v) is 5.54. The molecule has 1 amide bonds. The number of primary amides is 1. The molecule has 2 aromatic carbocycles. The highest BCUT2D eigenvalue weighted by molar-refractivity contribution is 6.00. The predicted octanol–water partition coefficient (Wildman–Crippen LogP) is 4.92. The molecule has 1 aliphatic rings. The Balaban J connectivity index is 1.85. The Morgan fingerprint density at radius 2 is 1.83 bits per heavy atom. The van der Waals surface area contributed by atoms with E-state index >= 15 is 0 Å². The van der Waals surface area contributed by atoms with Crippen LogP contribution in [0.15, 0.2) is 48.5 Å². The minimum absolute atomic E-state index is 0.131. The van der Waals surface area contributed by atoms with Crippen LogP contribution >= 0.6 is 0 Å². The number of nitrogens with two attached hydrogens (primary N) is 1. The number of fused-ring (bicyclic) bond motifs is 1. The highest BCUT2D eigenvalue weighted by Gasteiger charge is 2.34. The topological polar surface area (TPSA) is 77.1 Å². The fraction of sp³-hybridized carbons (Fsp3) is 0.250. The molecule has 6 heteroatoms. The molecule has 3 N–H and O–H groups in total. The molecule has 1 heterocycles. The van der Waals surface area contributed by atoms with Crippen molar-refractivity contribution in [2.45, 2.75) is 33.6 Å². The first kappa shape index (κ1) is 19.9. The van der Waals surface area contributed by atoms with Gasteiger partial charge in [0.1, 0.15) is 5.82 Å². The number of aryl methyl sites for hydroxylation is 1. The molecule has 1 aromatic heterocycles. The summed E-state index contributed by atoms with van der Waals surface area (Å²) in [5.41, 5.74) is 9.74. The summed E-state index contributed by atoms with van der Waals surface area (Å²) in [7, 11) is 0. The first-order valence-corrected chi connectivity index (χ1v) is 9.86. The van der Waals surface area contributed by atoms with Crippen molar-refractivity contribution < 1.29 is 14.0 Å². The summed E-state index contributed by atoms with van der Waals surface area (Å²) in [4.78, 5) is 24.6. The maximum atomic E-state index is 14.2. The average molecular weight is 405 g/mol. The monoisotopic (exact) mass is 405 g/mol. The van der Waals surface area contributed by atoms with Gasteiger partial charge in [-0.1, -0.05) is 26.0 Å². The zero-order valence-corrected chi connectivity index (χ0v) is 17.3. The van der Waals surface area contributed by atoms with E-state index in [4.69, 9.17) is 5.73 Å². The van der Waals surface area contributed by atoms with Crippen molar-refractivity contribution in [3.8, 4) is 5.69 Å². The third kappa shape index (κ3) is 3.49. The van der Waals surface area contributed by atoms with E-state index in [1.165, 1.54) is 6.07 Å². The van der Waals surface area contributed by atoms with Crippen molar-refractivity contribution in [2.24, 2.45) is 11.1 Å². The number of nitrogens with zero attached hydrogens (tertiary/aromatic N) is 1. The number of ketones is 1. The number of carbonyl (C=O) groups is 2. The van der Waals surface area contributed by atoms with E-state index in [9.17, 15) is 14.0 Å².